The lowest BCUT2D eigenvalue weighted by Gasteiger charge is -1.98. The van der Waals surface area contributed by atoms with Crippen LogP contribution in [0.5, 0.6) is 0 Å². The Bertz CT molecular complexity index is 476. The Morgan fingerprint density at radius 1 is 1.40 bits per heavy atom. The van der Waals surface area contributed by atoms with Crippen LogP contribution in [0.1, 0.15) is 12.0 Å². The number of fused-ring (bicyclic) bond motifs is 1. The molecule has 2 aromatic rings. The van der Waals surface area contributed by atoms with Crippen LogP contribution in [0.2, 0.25) is 0 Å². The summed E-state index contributed by atoms with van der Waals surface area (Å²) in [7, 11) is 2.05. The molecule has 0 bridgehead atoms. The summed E-state index contributed by atoms with van der Waals surface area (Å²) in [5.74, 6) is 0. The van der Waals surface area contributed by atoms with E-state index in [2.05, 4.69) is 51.9 Å². The predicted molar refractivity (Wildman–Crippen MR) is 66.0 cm³/mol. The fourth-order valence-corrected chi connectivity index (χ4v) is 2.28. The molecule has 0 amide bonds. The monoisotopic (exact) mass is 267 g/mol. The molecule has 0 aliphatic carbocycles. The van der Waals surface area contributed by atoms with E-state index in [1.165, 1.54) is 16.5 Å². The second-order valence-corrected chi connectivity index (χ2v) is 4.67. The molecule has 3 heteroatoms. The molecule has 1 aromatic carbocycles. The molecule has 0 saturated heterocycles. The number of halogens is 1. The summed E-state index contributed by atoms with van der Waals surface area (Å²) < 4.78 is 3.24. The standard InChI is InChI=1S/C12H14BrNO/c1-14-8-9(3-2-6-15)11-7-10(13)4-5-12(11)14/h4-5,7-8,15H,2-3,6H2,1H3. The van der Waals surface area contributed by atoms with Crippen molar-refractivity contribution in [1.82, 2.24) is 4.57 Å². The van der Waals surface area contributed by atoms with E-state index in [4.69, 9.17) is 5.11 Å². The lowest BCUT2D eigenvalue weighted by Crippen LogP contribution is -1.88. The molecule has 2 nitrogen and oxygen atoms in total. The number of aryl methyl sites for hydroxylation is 2. The molecule has 1 N–H and O–H groups in total. The van der Waals surface area contributed by atoms with Gasteiger partial charge in [0.05, 0.1) is 0 Å². The molecule has 0 spiro atoms. The molecule has 0 aliphatic heterocycles. The largest absolute Gasteiger partial charge is 0.396 e. The molecular weight excluding hydrogens is 254 g/mol. The number of nitrogens with zero attached hydrogens (tertiary/aromatic N) is 1. The Morgan fingerprint density at radius 2 is 2.20 bits per heavy atom. The van der Waals surface area contributed by atoms with Gasteiger partial charge in [-0.05, 0) is 36.6 Å². The Hall–Kier alpha value is -0.800. The van der Waals surface area contributed by atoms with Gasteiger partial charge in [0.15, 0.2) is 0 Å². The maximum Gasteiger partial charge on any atom is 0.0481 e. The molecule has 1 heterocycles. The van der Waals surface area contributed by atoms with Gasteiger partial charge in [-0.3, -0.25) is 0 Å². The molecule has 0 aliphatic rings. The summed E-state index contributed by atoms with van der Waals surface area (Å²) in [4.78, 5) is 0. The first-order chi connectivity index (χ1) is 7.22. The number of aliphatic hydroxyl groups is 1. The van der Waals surface area contributed by atoms with Gasteiger partial charge in [0.2, 0.25) is 0 Å². The summed E-state index contributed by atoms with van der Waals surface area (Å²) >= 11 is 3.49. The number of rotatable bonds is 3. The normalized spacial score (nSPS) is 11.1. The quantitative estimate of drug-likeness (QED) is 0.909. The van der Waals surface area contributed by atoms with E-state index in [9.17, 15) is 0 Å². The smallest absolute Gasteiger partial charge is 0.0481 e. The van der Waals surface area contributed by atoms with Crippen molar-refractivity contribution in [2.24, 2.45) is 7.05 Å². The molecule has 0 saturated carbocycles. The predicted octanol–water partition coefficient (Wildman–Crippen LogP) is 2.87. The van der Waals surface area contributed by atoms with Gasteiger partial charge >= 0.3 is 0 Å². The Kier molecular flexibility index (Phi) is 3.12. The first-order valence-electron chi connectivity index (χ1n) is 5.06. The SMILES string of the molecule is Cn1cc(CCCO)c2cc(Br)ccc21. The Morgan fingerprint density at radius 3 is 2.93 bits per heavy atom. The first-order valence-corrected chi connectivity index (χ1v) is 5.86. The summed E-state index contributed by atoms with van der Waals surface area (Å²) in [6.45, 7) is 0.254. The van der Waals surface area contributed by atoms with Gasteiger partial charge < -0.3 is 9.67 Å². The van der Waals surface area contributed by atoms with E-state index in [1.807, 2.05) is 0 Å². The molecule has 0 unspecified atom stereocenters. The van der Waals surface area contributed by atoms with Crippen LogP contribution in [0.15, 0.2) is 28.9 Å². The highest BCUT2D eigenvalue weighted by molar-refractivity contribution is 9.10. The zero-order valence-electron chi connectivity index (χ0n) is 8.70. The van der Waals surface area contributed by atoms with Gasteiger partial charge in [0.1, 0.15) is 0 Å². The maximum atomic E-state index is 8.84. The fourth-order valence-electron chi connectivity index (χ4n) is 1.91. The van der Waals surface area contributed by atoms with Crippen LogP contribution < -0.4 is 0 Å². The van der Waals surface area contributed by atoms with Crippen molar-refractivity contribution in [3.05, 3.63) is 34.4 Å². The highest BCUT2D eigenvalue weighted by Crippen LogP contribution is 2.25. The summed E-state index contributed by atoms with van der Waals surface area (Å²) in [5.41, 5.74) is 2.55. The highest BCUT2D eigenvalue weighted by Gasteiger charge is 2.06. The van der Waals surface area contributed by atoms with Gasteiger partial charge in [-0.1, -0.05) is 15.9 Å². The molecule has 1 aromatic heterocycles. The van der Waals surface area contributed by atoms with Crippen LogP contribution in [0.25, 0.3) is 10.9 Å². The van der Waals surface area contributed by atoms with Gasteiger partial charge in [-0.25, -0.2) is 0 Å². The molecule has 0 radical (unpaired) electrons. The van der Waals surface area contributed by atoms with Gasteiger partial charge in [-0.15, -0.1) is 0 Å². The van der Waals surface area contributed by atoms with Crippen molar-refractivity contribution >= 4 is 26.8 Å². The number of benzene rings is 1. The minimum Gasteiger partial charge on any atom is -0.396 e. The van der Waals surface area contributed by atoms with E-state index < -0.39 is 0 Å². The van der Waals surface area contributed by atoms with E-state index in [0.717, 1.165) is 17.3 Å². The molecule has 15 heavy (non-hydrogen) atoms. The fraction of sp³-hybridized carbons (Fsp3) is 0.333. The number of hydrogen-bond acceptors (Lipinski definition) is 1. The lowest BCUT2D eigenvalue weighted by molar-refractivity contribution is 0.288. The molecular formula is C12H14BrNO. The average molecular weight is 268 g/mol. The second-order valence-electron chi connectivity index (χ2n) is 3.75. The minimum absolute atomic E-state index is 0.254. The zero-order valence-corrected chi connectivity index (χ0v) is 10.3. The zero-order chi connectivity index (χ0) is 10.8. The topological polar surface area (TPSA) is 25.2 Å². The van der Waals surface area contributed by atoms with E-state index in [-0.39, 0.29) is 6.61 Å². The highest BCUT2D eigenvalue weighted by atomic mass is 79.9. The molecule has 0 fully saturated rings. The Balaban J connectivity index is 2.49. The van der Waals surface area contributed by atoms with Crippen LogP contribution in [-0.4, -0.2) is 16.3 Å². The van der Waals surface area contributed by atoms with E-state index in [0.29, 0.717) is 0 Å². The average Bonchev–Trinajstić information content (AvgIpc) is 2.52. The number of hydrogen-bond donors (Lipinski definition) is 1. The third-order valence-electron chi connectivity index (χ3n) is 2.64. The molecule has 80 valence electrons. The van der Waals surface area contributed by atoms with Gasteiger partial charge in [0.25, 0.3) is 0 Å². The third kappa shape index (κ3) is 2.08. The van der Waals surface area contributed by atoms with Crippen molar-refractivity contribution in [3.8, 4) is 0 Å². The number of aliphatic hydroxyl groups excluding tert-OH is 1. The van der Waals surface area contributed by atoms with Crippen LogP contribution in [0, 0.1) is 0 Å². The van der Waals surface area contributed by atoms with E-state index in [1.54, 1.807) is 0 Å². The summed E-state index contributed by atoms with van der Waals surface area (Å²) in [5, 5.41) is 10.1. The molecule has 2 rings (SSSR count). The minimum atomic E-state index is 0.254. The second kappa shape index (κ2) is 4.37. The number of aromatic nitrogens is 1. The van der Waals surface area contributed by atoms with Crippen LogP contribution in [0.3, 0.4) is 0 Å². The van der Waals surface area contributed by atoms with Gasteiger partial charge in [0, 0.05) is 35.2 Å². The first kappa shape index (κ1) is 10.7. The van der Waals surface area contributed by atoms with Crippen LogP contribution in [-0.2, 0) is 13.5 Å². The molecule has 0 atom stereocenters. The maximum absolute atomic E-state index is 8.84. The summed E-state index contributed by atoms with van der Waals surface area (Å²) in [6.07, 6.45) is 3.91. The van der Waals surface area contributed by atoms with Crippen molar-refractivity contribution < 1.29 is 5.11 Å². The van der Waals surface area contributed by atoms with Crippen LogP contribution >= 0.6 is 15.9 Å². The van der Waals surface area contributed by atoms with Crippen molar-refractivity contribution in [2.75, 3.05) is 6.61 Å². The van der Waals surface area contributed by atoms with Crippen LogP contribution in [0.4, 0.5) is 0 Å². The van der Waals surface area contributed by atoms with Crippen molar-refractivity contribution in [2.45, 2.75) is 12.8 Å². The Labute approximate surface area is 97.7 Å². The summed E-state index contributed by atoms with van der Waals surface area (Å²) in [6, 6.07) is 6.31. The van der Waals surface area contributed by atoms with Crippen molar-refractivity contribution in [1.29, 1.82) is 0 Å². The third-order valence-corrected chi connectivity index (χ3v) is 3.13. The van der Waals surface area contributed by atoms with Crippen molar-refractivity contribution in [3.63, 3.8) is 0 Å². The van der Waals surface area contributed by atoms with Gasteiger partial charge in [-0.2, -0.15) is 0 Å². The van der Waals surface area contributed by atoms with E-state index >= 15 is 0 Å². The lowest BCUT2D eigenvalue weighted by atomic mass is 10.1.